The fourth-order valence-electron chi connectivity index (χ4n) is 2.03. The normalized spacial score (nSPS) is 10.7. The summed E-state index contributed by atoms with van der Waals surface area (Å²) in [4.78, 5) is 37.0. The first kappa shape index (κ1) is 19.1. The number of hydrogen-bond acceptors (Lipinski definition) is 3. The van der Waals surface area contributed by atoms with Crippen LogP contribution in [0.5, 0.6) is 0 Å². The highest BCUT2D eigenvalue weighted by Crippen LogP contribution is 2.11. The Hall–Kier alpha value is -2.95. The standard InChI is InChI=1S/C19H22N2O3/c1-5-11-21(12-6-2)19(24)14(3)13-18(23)20-17-9-7-16(8-10-17)15(4)22/h5-10,13H,1-2,11-12H2,3-4H3,(H,20,23)/b14-13-. The molecule has 0 bridgehead atoms. The van der Waals surface area contributed by atoms with Crippen molar-refractivity contribution in [1.29, 1.82) is 0 Å². The van der Waals surface area contributed by atoms with Gasteiger partial charge in [-0.15, -0.1) is 13.2 Å². The van der Waals surface area contributed by atoms with E-state index in [1.54, 1.807) is 43.3 Å². The molecule has 0 spiro atoms. The third-order valence-electron chi connectivity index (χ3n) is 3.23. The van der Waals surface area contributed by atoms with Crippen LogP contribution in [0, 0.1) is 0 Å². The Bertz CT molecular complexity index is 662. The van der Waals surface area contributed by atoms with Crippen molar-refractivity contribution in [3.8, 4) is 0 Å². The second-order valence-electron chi connectivity index (χ2n) is 5.24. The molecule has 0 fully saturated rings. The molecule has 24 heavy (non-hydrogen) atoms. The summed E-state index contributed by atoms with van der Waals surface area (Å²) >= 11 is 0. The van der Waals surface area contributed by atoms with Crippen LogP contribution in [0.15, 0.2) is 61.2 Å². The van der Waals surface area contributed by atoms with Gasteiger partial charge in [-0.05, 0) is 38.1 Å². The van der Waals surface area contributed by atoms with Gasteiger partial charge in [-0.25, -0.2) is 0 Å². The number of carbonyl (C=O) groups excluding carboxylic acids is 3. The maximum atomic E-state index is 12.3. The van der Waals surface area contributed by atoms with E-state index in [0.29, 0.717) is 29.9 Å². The number of hydrogen-bond donors (Lipinski definition) is 1. The minimum absolute atomic E-state index is 0.0428. The first-order valence-electron chi connectivity index (χ1n) is 7.50. The number of carbonyl (C=O) groups is 3. The van der Waals surface area contributed by atoms with Gasteiger partial charge in [0, 0.05) is 36.0 Å². The highest BCUT2D eigenvalue weighted by molar-refractivity contribution is 6.06. The van der Waals surface area contributed by atoms with Crippen molar-refractivity contribution < 1.29 is 14.4 Å². The molecule has 0 aliphatic rings. The molecule has 0 unspecified atom stereocenters. The van der Waals surface area contributed by atoms with Crippen LogP contribution < -0.4 is 5.32 Å². The second kappa shape index (κ2) is 9.25. The third kappa shape index (κ3) is 5.68. The van der Waals surface area contributed by atoms with Crippen molar-refractivity contribution in [1.82, 2.24) is 4.90 Å². The van der Waals surface area contributed by atoms with Gasteiger partial charge in [0.05, 0.1) is 0 Å². The van der Waals surface area contributed by atoms with Crippen molar-refractivity contribution in [2.45, 2.75) is 13.8 Å². The number of Topliss-reactive ketones (excluding diaryl/α,β-unsaturated/α-hetero) is 1. The number of benzene rings is 1. The van der Waals surface area contributed by atoms with E-state index in [4.69, 9.17) is 0 Å². The highest BCUT2D eigenvalue weighted by atomic mass is 16.2. The molecule has 5 nitrogen and oxygen atoms in total. The van der Waals surface area contributed by atoms with E-state index >= 15 is 0 Å². The molecule has 0 saturated heterocycles. The molecule has 0 saturated carbocycles. The molecular formula is C19H22N2O3. The van der Waals surface area contributed by atoms with Gasteiger partial charge in [0.25, 0.3) is 0 Å². The van der Waals surface area contributed by atoms with Crippen LogP contribution in [0.2, 0.25) is 0 Å². The Morgan fingerprint density at radius 1 is 1.04 bits per heavy atom. The molecule has 1 aromatic carbocycles. The molecule has 2 amide bonds. The zero-order valence-corrected chi connectivity index (χ0v) is 14.0. The first-order valence-corrected chi connectivity index (χ1v) is 7.50. The van der Waals surface area contributed by atoms with Crippen molar-refractivity contribution in [2.24, 2.45) is 0 Å². The molecule has 0 aromatic heterocycles. The van der Waals surface area contributed by atoms with Crippen molar-refractivity contribution in [3.05, 3.63) is 66.8 Å². The molecule has 0 atom stereocenters. The van der Waals surface area contributed by atoms with E-state index in [9.17, 15) is 14.4 Å². The fourth-order valence-corrected chi connectivity index (χ4v) is 2.03. The number of amides is 2. The summed E-state index contributed by atoms with van der Waals surface area (Å²) < 4.78 is 0. The topological polar surface area (TPSA) is 66.5 Å². The van der Waals surface area contributed by atoms with Crippen LogP contribution in [0.1, 0.15) is 24.2 Å². The van der Waals surface area contributed by atoms with Gasteiger partial charge in [0.1, 0.15) is 0 Å². The average Bonchev–Trinajstić information content (AvgIpc) is 2.54. The van der Waals surface area contributed by atoms with Crippen LogP contribution in [0.4, 0.5) is 5.69 Å². The second-order valence-corrected chi connectivity index (χ2v) is 5.24. The zero-order chi connectivity index (χ0) is 18.1. The minimum atomic E-state index is -0.409. The molecular weight excluding hydrogens is 304 g/mol. The van der Waals surface area contributed by atoms with Crippen molar-refractivity contribution in [2.75, 3.05) is 18.4 Å². The Balaban J connectivity index is 2.77. The van der Waals surface area contributed by atoms with Crippen molar-refractivity contribution in [3.63, 3.8) is 0 Å². The van der Waals surface area contributed by atoms with Crippen LogP contribution in [-0.2, 0) is 9.59 Å². The van der Waals surface area contributed by atoms with E-state index in [2.05, 4.69) is 18.5 Å². The fraction of sp³-hybridized carbons (Fsp3) is 0.211. The van der Waals surface area contributed by atoms with E-state index < -0.39 is 5.91 Å². The lowest BCUT2D eigenvalue weighted by Crippen LogP contribution is -2.32. The van der Waals surface area contributed by atoms with Crippen LogP contribution in [-0.4, -0.2) is 35.6 Å². The summed E-state index contributed by atoms with van der Waals surface area (Å²) in [7, 11) is 0. The monoisotopic (exact) mass is 326 g/mol. The number of nitrogens with one attached hydrogen (secondary N) is 1. The van der Waals surface area contributed by atoms with E-state index in [1.807, 2.05) is 0 Å². The number of nitrogens with zero attached hydrogens (tertiary/aromatic N) is 1. The number of anilines is 1. The summed E-state index contributed by atoms with van der Waals surface area (Å²) in [5.74, 6) is -0.704. The van der Waals surface area contributed by atoms with E-state index in [1.165, 1.54) is 17.9 Å². The number of rotatable bonds is 8. The van der Waals surface area contributed by atoms with Crippen LogP contribution in [0.3, 0.4) is 0 Å². The molecule has 0 aliphatic heterocycles. The molecule has 1 N–H and O–H groups in total. The van der Waals surface area contributed by atoms with Gasteiger partial charge in [0.2, 0.25) is 11.8 Å². The van der Waals surface area contributed by atoms with Gasteiger partial charge < -0.3 is 10.2 Å². The van der Waals surface area contributed by atoms with Gasteiger partial charge in [-0.3, -0.25) is 14.4 Å². The predicted octanol–water partition coefficient (Wildman–Crippen LogP) is 2.97. The van der Waals surface area contributed by atoms with Crippen LogP contribution >= 0.6 is 0 Å². The quantitative estimate of drug-likeness (QED) is 0.454. The third-order valence-corrected chi connectivity index (χ3v) is 3.23. The van der Waals surface area contributed by atoms with Crippen LogP contribution in [0.25, 0.3) is 0 Å². The van der Waals surface area contributed by atoms with Gasteiger partial charge in [-0.2, -0.15) is 0 Å². The Morgan fingerprint density at radius 3 is 2.04 bits per heavy atom. The average molecular weight is 326 g/mol. The summed E-state index contributed by atoms with van der Waals surface area (Å²) in [6, 6.07) is 6.55. The molecule has 1 rings (SSSR count). The lowest BCUT2D eigenvalue weighted by atomic mass is 10.1. The molecule has 0 aliphatic carbocycles. The predicted molar refractivity (Wildman–Crippen MR) is 95.8 cm³/mol. The maximum Gasteiger partial charge on any atom is 0.250 e. The summed E-state index contributed by atoms with van der Waals surface area (Å²) in [6.07, 6.45) is 4.48. The van der Waals surface area contributed by atoms with Gasteiger partial charge >= 0.3 is 0 Å². The summed E-state index contributed by atoms with van der Waals surface area (Å²) in [5, 5.41) is 2.66. The van der Waals surface area contributed by atoms with Crippen molar-refractivity contribution >= 4 is 23.3 Å². The summed E-state index contributed by atoms with van der Waals surface area (Å²) in [6.45, 7) is 11.0. The Kier molecular flexibility index (Phi) is 7.36. The summed E-state index contributed by atoms with van der Waals surface area (Å²) in [5.41, 5.74) is 1.44. The van der Waals surface area contributed by atoms with Gasteiger partial charge in [0.15, 0.2) is 5.78 Å². The number of ketones is 1. The largest absolute Gasteiger partial charge is 0.332 e. The van der Waals surface area contributed by atoms with E-state index in [0.717, 1.165) is 0 Å². The van der Waals surface area contributed by atoms with E-state index in [-0.39, 0.29) is 11.7 Å². The zero-order valence-electron chi connectivity index (χ0n) is 14.0. The minimum Gasteiger partial charge on any atom is -0.332 e. The highest BCUT2D eigenvalue weighted by Gasteiger charge is 2.14. The lowest BCUT2D eigenvalue weighted by Gasteiger charge is -2.19. The maximum absolute atomic E-state index is 12.3. The Morgan fingerprint density at radius 2 is 1.58 bits per heavy atom. The first-order chi connectivity index (χ1) is 11.4. The Labute approximate surface area is 142 Å². The molecule has 126 valence electrons. The molecule has 0 radical (unpaired) electrons. The SMILES string of the molecule is C=CCN(CC=C)C(=O)/C(C)=C\C(=O)Nc1ccc(C(C)=O)cc1. The molecule has 0 heterocycles. The lowest BCUT2D eigenvalue weighted by molar-refractivity contribution is -0.126. The smallest absolute Gasteiger partial charge is 0.250 e. The van der Waals surface area contributed by atoms with Gasteiger partial charge in [-0.1, -0.05) is 12.2 Å². The molecule has 5 heteroatoms. The molecule has 1 aromatic rings.